The summed E-state index contributed by atoms with van der Waals surface area (Å²) in [5, 5.41) is 14.4. The van der Waals surface area contributed by atoms with Crippen LogP contribution in [0.1, 0.15) is 4.88 Å². The average molecular weight is 241 g/mol. The minimum atomic E-state index is -1.08. The second-order valence-electron chi connectivity index (χ2n) is 2.69. The van der Waals surface area contributed by atoms with Gasteiger partial charge in [-0.15, -0.1) is 22.7 Å². The number of carboxylic acids is 1. The van der Waals surface area contributed by atoms with Crippen LogP contribution in [0.5, 0.6) is 0 Å². The van der Waals surface area contributed by atoms with Crippen molar-refractivity contribution in [3.05, 3.63) is 22.4 Å². The molecule has 0 unspecified atom stereocenters. The summed E-state index contributed by atoms with van der Waals surface area (Å²) in [7, 11) is 1.33. The number of rotatable bonds is 3. The minimum absolute atomic E-state index is 0.0501. The largest absolute Gasteiger partial charge is 0.476 e. The first-order valence-corrected chi connectivity index (χ1v) is 5.74. The van der Waals surface area contributed by atoms with E-state index in [2.05, 4.69) is 9.99 Å². The first-order valence-electron chi connectivity index (χ1n) is 4.04. The standard InChI is InChI=1S/C9H7NO3S2/c1-13-10-8(9(11)12)7-4-6-5(15-7)2-3-14-6/h2-4H,1H3,(H,11,12)/b10-8+. The van der Waals surface area contributed by atoms with Gasteiger partial charge < -0.3 is 9.94 Å². The highest BCUT2D eigenvalue weighted by Crippen LogP contribution is 2.30. The van der Waals surface area contributed by atoms with E-state index in [9.17, 15) is 4.79 Å². The monoisotopic (exact) mass is 241 g/mol. The van der Waals surface area contributed by atoms with Crippen molar-refractivity contribution in [2.24, 2.45) is 5.16 Å². The second-order valence-corrected chi connectivity index (χ2v) is 4.72. The van der Waals surface area contributed by atoms with Crippen molar-refractivity contribution >= 4 is 43.8 Å². The molecule has 0 radical (unpaired) electrons. The van der Waals surface area contributed by atoms with Crippen LogP contribution in [-0.4, -0.2) is 23.9 Å². The highest BCUT2D eigenvalue weighted by atomic mass is 32.1. The zero-order valence-corrected chi connectivity index (χ0v) is 9.39. The van der Waals surface area contributed by atoms with Crippen LogP contribution in [0.25, 0.3) is 9.40 Å². The molecule has 15 heavy (non-hydrogen) atoms. The van der Waals surface area contributed by atoms with Crippen molar-refractivity contribution in [1.29, 1.82) is 0 Å². The number of aliphatic carboxylic acids is 1. The normalized spacial score (nSPS) is 11.9. The summed E-state index contributed by atoms with van der Waals surface area (Å²) in [6.07, 6.45) is 0. The van der Waals surface area contributed by atoms with Crippen molar-refractivity contribution in [3.63, 3.8) is 0 Å². The molecular formula is C9H7NO3S2. The number of thiophene rings is 2. The van der Waals surface area contributed by atoms with Gasteiger partial charge in [0.05, 0.1) is 4.88 Å². The smallest absolute Gasteiger partial charge is 0.359 e. The molecule has 4 nitrogen and oxygen atoms in total. The van der Waals surface area contributed by atoms with Gasteiger partial charge in [0.15, 0.2) is 0 Å². The van der Waals surface area contributed by atoms with Crippen LogP contribution < -0.4 is 0 Å². The lowest BCUT2D eigenvalue weighted by Gasteiger charge is -1.95. The molecule has 0 aliphatic heterocycles. The van der Waals surface area contributed by atoms with Gasteiger partial charge in [0.1, 0.15) is 7.11 Å². The maximum Gasteiger partial charge on any atom is 0.359 e. The molecule has 2 aromatic rings. The molecule has 0 aliphatic rings. The fourth-order valence-corrected chi connectivity index (χ4v) is 3.24. The third kappa shape index (κ3) is 1.86. The van der Waals surface area contributed by atoms with Crippen LogP contribution in [0.4, 0.5) is 0 Å². The first-order chi connectivity index (χ1) is 7.22. The fraction of sp³-hybridized carbons (Fsp3) is 0.111. The molecule has 2 heterocycles. The SMILES string of the molecule is CO/N=C(/C(=O)O)c1cc2sccc2s1. The summed E-state index contributed by atoms with van der Waals surface area (Å²) in [5.41, 5.74) is -0.0501. The van der Waals surface area contributed by atoms with Crippen LogP contribution in [0.3, 0.4) is 0 Å². The lowest BCUT2D eigenvalue weighted by molar-refractivity contribution is -0.129. The van der Waals surface area contributed by atoms with Crippen LogP contribution in [-0.2, 0) is 9.63 Å². The molecule has 0 aliphatic carbocycles. The Kier molecular flexibility index (Phi) is 2.70. The molecule has 0 aromatic carbocycles. The maximum atomic E-state index is 10.9. The summed E-state index contributed by atoms with van der Waals surface area (Å²) >= 11 is 2.98. The van der Waals surface area contributed by atoms with Crippen LogP contribution >= 0.6 is 22.7 Å². The van der Waals surface area contributed by atoms with E-state index in [1.165, 1.54) is 18.4 Å². The number of hydrogen-bond donors (Lipinski definition) is 1. The summed E-state index contributed by atoms with van der Waals surface area (Å²) in [5.74, 6) is -1.08. The Labute approximate surface area is 93.4 Å². The first kappa shape index (κ1) is 10.1. The predicted octanol–water partition coefficient (Wildman–Crippen LogP) is 2.40. The van der Waals surface area contributed by atoms with Gasteiger partial charge in [-0.25, -0.2) is 4.79 Å². The lowest BCUT2D eigenvalue weighted by Crippen LogP contribution is -2.13. The molecule has 2 aromatic heterocycles. The Morgan fingerprint density at radius 2 is 2.33 bits per heavy atom. The molecule has 0 atom stereocenters. The van der Waals surface area contributed by atoms with Crippen molar-refractivity contribution in [3.8, 4) is 0 Å². The predicted molar refractivity (Wildman–Crippen MR) is 60.9 cm³/mol. The Bertz CT molecular complexity index is 498. The zero-order chi connectivity index (χ0) is 10.8. The van der Waals surface area contributed by atoms with E-state index in [1.807, 2.05) is 17.5 Å². The second kappa shape index (κ2) is 4.00. The molecule has 78 valence electrons. The minimum Gasteiger partial charge on any atom is -0.476 e. The van der Waals surface area contributed by atoms with E-state index in [0.29, 0.717) is 4.88 Å². The molecule has 0 fully saturated rings. The Morgan fingerprint density at radius 1 is 1.53 bits per heavy atom. The van der Waals surface area contributed by atoms with Crippen molar-refractivity contribution in [1.82, 2.24) is 0 Å². The van der Waals surface area contributed by atoms with E-state index in [-0.39, 0.29) is 5.71 Å². The maximum absolute atomic E-state index is 10.9. The van der Waals surface area contributed by atoms with E-state index in [0.717, 1.165) is 9.40 Å². The summed E-state index contributed by atoms with van der Waals surface area (Å²) in [6, 6.07) is 3.77. The van der Waals surface area contributed by atoms with Crippen LogP contribution in [0, 0.1) is 0 Å². The van der Waals surface area contributed by atoms with Crippen molar-refractivity contribution in [2.75, 3.05) is 7.11 Å². The molecule has 0 saturated heterocycles. The van der Waals surface area contributed by atoms with Gasteiger partial charge in [-0.3, -0.25) is 0 Å². The molecule has 0 bridgehead atoms. The van der Waals surface area contributed by atoms with Gasteiger partial charge in [0.25, 0.3) is 0 Å². The number of oxime groups is 1. The van der Waals surface area contributed by atoms with Gasteiger partial charge in [-0.2, -0.15) is 0 Å². The van der Waals surface area contributed by atoms with Gasteiger partial charge >= 0.3 is 5.97 Å². The molecule has 6 heteroatoms. The summed E-state index contributed by atoms with van der Waals surface area (Å²) in [4.78, 5) is 16.0. The molecular weight excluding hydrogens is 234 g/mol. The van der Waals surface area contributed by atoms with Crippen LogP contribution in [0.15, 0.2) is 22.7 Å². The number of carbonyl (C=O) groups is 1. The average Bonchev–Trinajstić information content (AvgIpc) is 2.72. The van der Waals surface area contributed by atoms with Crippen molar-refractivity contribution < 1.29 is 14.7 Å². The Balaban J connectivity index is 2.48. The molecule has 2 rings (SSSR count). The van der Waals surface area contributed by atoms with Gasteiger partial charge in [-0.05, 0) is 17.5 Å². The van der Waals surface area contributed by atoms with E-state index < -0.39 is 5.97 Å². The molecule has 0 amide bonds. The van der Waals surface area contributed by atoms with E-state index >= 15 is 0 Å². The van der Waals surface area contributed by atoms with E-state index in [4.69, 9.17) is 5.11 Å². The number of fused-ring (bicyclic) bond motifs is 1. The van der Waals surface area contributed by atoms with Gasteiger partial charge in [0, 0.05) is 9.40 Å². The third-order valence-corrected chi connectivity index (χ3v) is 3.86. The number of hydrogen-bond acceptors (Lipinski definition) is 5. The number of nitrogens with zero attached hydrogens (tertiary/aromatic N) is 1. The Morgan fingerprint density at radius 3 is 2.93 bits per heavy atom. The van der Waals surface area contributed by atoms with Crippen LogP contribution in [0.2, 0.25) is 0 Å². The Hall–Kier alpha value is -1.40. The molecule has 0 saturated carbocycles. The van der Waals surface area contributed by atoms with E-state index in [1.54, 1.807) is 11.3 Å². The quantitative estimate of drug-likeness (QED) is 0.663. The zero-order valence-electron chi connectivity index (χ0n) is 7.76. The van der Waals surface area contributed by atoms with Crippen molar-refractivity contribution in [2.45, 2.75) is 0 Å². The fourth-order valence-electron chi connectivity index (χ4n) is 1.16. The van der Waals surface area contributed by atoms with Gasteiger partial charge in [-0.1, -0.05) is 5.16 Å². The third-order valence-electron chi connectivity index (χ3n) is 1.76. The summed E-state index contributed by atoms with van der Waals surface area (Å²) in [6.45, 7) is 0. The number of carboxylic acid groups (broad SMARTS) is 1. The molecule has 1 N–H and O–H groups in total. The molecule has 0 spiro atoms. The lowest BCUT2D eigenvalue weighted by atomic mass is 10.3. The topological polar surface area (TPSA) is 58.9 Å². The highest BCUT2D eigenvalue weighted by molar-refractivity contribution is 7.28. The highest BCUT2D eigenvalue weighted by Gasteiger charge is 2.16. The van der Waals surface area contributed by atoms with Gasteiger partial charge in [0.2, 0.25) is 5.71 Å². The summed E-state index contributed by atoms with van der Waals surface area (Å²) < 4.78 is 2.14.